The molecule has 0 aromatic carbocycles. The molecular formula is C13H23N3O2. The van der Waals surface area contributed by atoms with Crippen LogP contribution in [0, 0.1) is 5.92 Å². The number of nitrogens with two attached hydrogens (primary N) is 1. The minimum absolute atomic E-state index is 0.0114. The van der Waals surface area contributed by atoms with Gasteiger partial charge in [0.15, 0.2) is 0 Å². The van der Waals surface area contributed by atoms with E-state index in [0.717, 1.165) is 19.3 Å². The average Bonchev–Trinajstić information content (AvgIpc) is 2.97. The van der Waals surface area contributed by atoms with E-state index in [1.807, 2.05) is 4.90 Å². The zero-order valence-electron chi connectivity index (χ0n) is 10.9. The molecule has 2 rings (SSSR count). The first kappa shape index (κ1) is 13.3. The highest BCUT2D eigenvalue weighted by Crippen LogP contribution is 2.29. The van der Waals surface area contributed by atoms with Crippen LogP contribution in [0.1, 0.15) is 38.5 Å². The van der Waals surface area contributed by atoms with Crippen LogP contribution in [0.3, 0.4) is 0 Å². The lowest BCUT2D eigenvalue weighted by molar-refractivity contribution is -0.130. The summed E-state index contributed by atoms with van der Waals surface area (Å²) in [6.07, 6.45) is 5.80. The molecular weight excluding hydrogens is 230 g/mol. The highest BCUT2D eigenvalue weighted by Gasteiger charge is 2.38. The van der Waals surface area contributed by atoms with Gasteiger partial charge >= 0.3 is 0 Å². The summed E-state index contributed by atoms with van der Waals surface area (Å²) in [5.41, 5.74) is 5.38. The lowest BCUT2D eigenvalue weighted by Crippen LogP contribution is -2.37. The fourth-order valence-corrected chi connectivity index (χ4v) is 2.93. The molecule has 1 aliphatic heterocycles. The molecule has 102 valence electrons. The van der Waals surface area contributed by atoms with Gasteiger partial charge in [-0.3, -0.25) is 9.59 Å². The molecule has 1 heterocycles. The van der Waals surface area contributed by atoms with Gasteiger partial charge in [-0.2, -0.15) is 0 Å². The van der Waals surface area contributed by atoms with Gasteiger partial charge in [0.25, 0.3) is 0 Å². The van der Waals surface area contributed by atoms with E-state index in [4.69, 9.17) is 5.73 Å². The third kappa shape index (κ3) is 3.02. The molecule has 2 aliphatic rings. The molecule has 0 aromatic heterocycles. The molecule has 0 radical (unpaired) electrons. The van der Waals surface area contributed by atoms with Gasteiger partial charge in [0, 0.05) is 25.6 Å². The summed E-state index contributed by atoms with van der Waals surface area (Å²) in [6.45, 7) is 1.81. The molecule has 5 nitrogen and oxygen atoms in total. The van der Waals surface area contributed by atoms with Gasteiger partial charge in [0.2, 0.25) is 11.8 Å². The Morgan fingerprint density at radius 1 is 1.39 bits per heavy atom. The molecule has 1 atom stereocenters. The number of nitrogens with zero attached hydrogens (tertiary/aromatic N) is 1. The Labute approximate surface area is 108 Å². The number of rotatable bonds is 5. The molecule has 0 bridgehead atoms. The van der Waals surface area contributed by atoms with Crippen LogP contribution in [-0.2, 0) is 9.59 Å². The van der Waals surface area contributed by atoms with E-state index >= 15 is 0 Å². The van der Waals surface area contributed by atoms with Crippen LogP contribution in [0.5, 0.6) is 0 Å². The standard InChI is InChI=1S/C13H23N3O2/c14-6-3-7-15-13(18)10-8-12(17)16(9-10)11-4-1-2-5-11/h10-11H,1-9,14H2,(H,15,18). The van der Waals surface area contributed by atoms with Gasteiger partial charge in [-0.1, -0.05) is 12.8 Å². The Kier molecular flexibility index (Phi) is 4.58. The summed E-state index contributed by atoms with van der Waals surface area (Å²) in [5.74, 6) is 0.00838. The molecule has 0 spiro atoms. The second kappa shape index (κ2) is 6.18. The van der Waals surface area contributed by atoms with Crippen molar-refractivity contribution in [1.29, 1.82) is 0 Å². The number of likely N-dealkylation sites (tertiary alicyclic amines) is 1. The summed E-state index contributed by atoms with van der Waals surface area (Å²) in [4.78, 5) is 25.8. The molecule has 1 saturated heterocycles. The predicted molar refractivity (Wildman–Crippen MR) is 68.8 cm³/mol. The smallest absolute Gasteiger partial charge is 0.225 e. The van der Waals surface area contributed by atoms with Crippen LogP contribution in [0.2, 0.25) is 0 Å². The van der Waals surface area contributed by atoms with Crippen molar-refractivity contribution < 1.29 is 9.59 Å². The quantitative estimate of drug-likeness (QED) is 0.689. The molecule has 1 saturated carbocycles. The second-order valence-electron chi connectivity index (χ2n) is 5.32. The van der Waals surface area contributed by atoms with E-state index in [9.17, 15) is 9.59 Å². The van der Waals surface area contributed by atoms with Crippen LogP contribution in [0.4, 0.5) is 0 Å². The largest absolute Gasteiger partial charge is 0.356 e. The van der Waals surface area contributed by atoms with Crippen LogP contribution in [0.25, 0.3) is 0 Å². The van der Waals surface area contributed by atoms with Crippen molar-refractivity contribution in [2.75, 3.05) is 19.6 Å². The summed E-state index contributed by atoms with van der Waals surface area (Å²) in [6, 6.07) is 0.388. The Morgan fingerprint density at radius 3 is 2.78 bits per heavy atom. The SMILES string of the molecule is NCCCNC(=O)C1CC(=O)N(C2CCCC2)C1. The Hall–Kier alpha value is -1.10. The maximum atomic E-state index is 11.9. The third-order valence-corrected chi connectivity index (χ3v) is 3.97. The van der Waals surface area contributed by atoms with Crippen molar-refractivity contribution in [3.8, 4) is 0 Å². The first-order valence-corrected chi connectivity index (χ1v) is 6.99. The maximum absolute atomic E-state index is 11.9. The zero-order valence-corrected chi connectivity index (χ0v) is 10.9. The number of nitrogens with one attached hydrogen (secondary N) is 1. The van der Waals surface area contributed by atoms with Gasteiger partial charge in [0.1, 0.15) is 0 Å². The fourth-order valence-electron chi connectivity index (χ4n) is 2.93. The van der Waals surface area contributed by atoms with Crippen molar-refractivity contribution in [2.45, 2.75) is 44.6 Å². The number of amides is 2. The molecule has 1 unspecified atom stereocenters. The molecule has 2 amide bonds. The van der Waals surface area contributed by atoms with E-state index in [1.54, 1.807) is 0 Å². The van der Waals surface area contributed by atoms with Gasteiger partial charge in [0.05, 0.1) is 5.92 Å². The third-order valence-electron chi connectivity index (χ3n) is 3.97. The van der Waals surface area contributed by atoms with Crippen molar-refractivity contribution in [1.82, 2.24) is 10.2 Å². The maximum Gasteiger partial charge on any atom is 0.225 e. The lowest BCUT2D eigenvalue weighted by Gasteiger charge is -2.23. The number of carbonyl (C=O) groups excluding carboxylic acids is 2. The van der Waals surface area contributed by atoms with Crippen molar-refractivity contribution >= 4 is 11.8 Å². The summed E-state index contributed by atoms with van der Waals surface area (Å²) in [5, 5.41) is 2.86. The molecule has 2 fully saturated rings. The number of carbonyl (C=O) groups is 2. The minimum Gasteiger partial charge on any atom is -0.356 e. The van der Waals surface area contributed by atoms with Gasteiger partial charge < -0.3 is 16.0 Å². The summed E-state index contributed by atoms with van der Waals surface area (Å²) >= 11 is 0. The van der Waals surface area contributed by atoms with Crippen molar-refractivity contribution in [3.63, 3.8) is 0 Å². The van der Waals surface area contributed by atoms with Crippen LogP contribution in [-0.4, -0.2) is 42.4 Å². The summed E-state index contributed by atoms with van der Waals surface area (Å²) in [7, 11) is 0. The van der Waals surface area contributed by atoms with Crippen LogP contribution in [0.15, 0.2) is 0 Å². The molecule has 3 N–H and O–H groups in total. The van der Waals surface area contributed by atoms with E-state index < -0.39 is 0 Å². The molecule has 1 aliphatic carbocycles. The average molecular weight is 253 g/mol. The Morgan fingerprint density at radius 2 is 2.11 bits per heavy atom. The summed E-state index contributed by atoms with van der Waals surface area (Å²) < 4.78 is 0. The first-order valence-electron chi connectivity index (χ1n) is 6.99. The topological polar surface area (TPSA) is 75.4 Å². The van der Waals surface area contributed by atoms with E-state index in [1.165, 1.54) is 12.8 Å². The first-order chi connectivity index (χ1) is 8.72. The van der Waals surface area contributed by atoms with Crippen molar-refractivity contribution in [3.05, 3.63) is 0 Å². The van der Waals surface area contributed by atoms with Crippen LogP contribution < -0.4 is 11.1 Å². The Bertz CT molecular complexity index is 313. The normalized spacial score (nSPS) is 24.8. The van der Waals surface area contributed by atoms with Crippen molar-refractivity contribution in [2.24, 2.45) is 11.7 Å². The highest BCUT2D eigenvalue weighted by atomic mass is 16.2. The van der Waals surface area contributed by atoms with E-state index in [2.05, 4.69) is 5.32 Å². The second-order valence-corrected chi connectivity index (χ2v) is 5.32. The van der Waals surface area contributed by atoms with E-state index in [0.29, 0.717) is 32.1 Å². The lowest BCUT2D eigenvalue weighted by atomic mass is 10.1. The fraction of sp³-hybridized carbons (Fsp3) is 0.846. The zero-order chi connectivity index (χ0) is 13.0. The van der Waals surface area contributed by atoms with Gasteiger partial charge in [-0.25, -0.2) is 0 Å². The predicted octanol–water partition coefficient (Wildman–Crippen LogP) is 0.242. The number of hydrogen-bond acceptors (Lipinski definition) is 3. The minimum atomic E-state index is -0.157. The molecule has 5 heteroatoms. The van der Waals surface area contributed by atoms with E-state index in [-0.39, 0.29) is 17.7 Å². The van der Waals surface area contributed by atoms with Gasteiger partial charge in [-0.15, -0.1) is 0 Å². The molecule has 18 heavy (non-hydrogen) atoms. The van der Waals surface area contributed by atoms with Gasteiger partial charge in [-0.05, 0) is 25.8 Å². The Balaban J connectivity index is 1.81. The molecule has 0 aromatic rings. The monoisotopic (exact) mass is 253 g/mol. The highest BCUT2D eigenvalue weighted by molar-refractivity contribution is 5.89. The van der Waals surface area contributed by atoms with Crippen LogP contribution >= 0.6 is 0 Å². The number of hydrogen-bond donors (Lipinski definition) is 2.